The van der Waals surface area contributed by atoms with Crippen molar-refractivity contribution in [1.82, 2.24) is 0 Å². The molecule has 0 aliphatic carbocycles. The topological polar surface area (TPSA) is 29.5 Å². The molecule has 0 saturated carbocycles. The van der Waals surface area contributed by atoms with Crippen molar-refractivity contribution in [2.75, 3.05) is 0 Å². The molecule has 0 spiro atoms. The standard InChI is InChI=1S/C16H17BrO2/c1-11-4-3-5-13(8-11)10-19-16-7-6-14(17)9-15(16)12(2)18/h3-9,12,18H,10H2,1-2H3. The molecule has 0 aromatic heterocycles. The lowest BCUT2D eigenvalue weighted by Gasteiger charge is -2.14. The van der Waals surface area contributed by atoms with E-state index in [-0.39, 0.29) is 0 Å². The van der Waals surface area contributed by atoms with Crippen molar-refractivity contribution in [2.45, 2.75) is 26.6 Å². The quantitative estimate of drug-likeness (QED) is 0.905. The molecule has 0 radical (unpaired) electrons. The van der Waals surface area contributed by atoms with E-state index in [2.05, 4.69) is 35.0 Å². The third kappa shape index (κ3) is 3.82. The fourth-order valence-electron chi connectivity index (χ4n) is 1.94. The Morgan fingerprint density at radius 2 is 2.00 bits per heavy atom. The summed E-state index contributed by atoms with van der Waals surface area (Å²) in [6.07, 6.45) is -0.551. The first-order valence-corrected chi connectivity index (χ1v) is 7.01. The van der Waals surface area contributed by atoms with Crippen LogP contribution in [-0.4, -0.2) is 5.11 Å². The van der Waals surface area contributed by atoms with E-state index in [1.807, 2.05) is 30.3 Å². The Morgan fingerprint density at radius 1 is 1.21 bits per heavy atom. The summed E-state index contributed by atoms with van der Waals surface area (Å²) in [6, 6.07) is 13.9. The van der Waals surface area contributed by atoms with Gasteiger partial charge in [0.2, 0.25) is 0 Å². The molecule has 1 atom stereocenters. The molecular formula is C16H17BrO2. The molecule has 19 heavy (non-hydrogen) atoms. The lowest BCUT2D eigenvalue weighted by atomic mass is 10.1. The molecule has 0 aliphatic rings. The highest BCUT2D eigenvalue weighted by atomic mass is 79.9. The van der Waals surface area contributed by atoms with Crippen LogP contribution in [0.4, 0.5) is 0 Å². The van der Waals surface area contributed by atoms with Gasteiger partial charge in [0.15, 0.2) is 0 Å². The van der Waals surface area contributed by atoms with Crippen LogP contribution >= 0.6 is 15.9 Å². The number of aliphatic hydroxyl groups excluding tert-OH is 1. The maximum atomic E-state index is 9.77. The van der Waals surface area contributed by atoms with Gasteiger partial charge in [-0.05, 0) is 37.6 Å². The van der Waals surface area contributed by atoms with Crippen molar-refractivity contribution < 1.29 is 9.84 Å². The lowest BCUT2D eigenvalue weighted by Crippen LogP contribution is -2.01. The molecule has 1 unspecified atom stereocenters. The van der Waals surface area contributed by atoms with Gasteiger partial charge in [0.05, 0.1) is 6.10 Å². The van der Waals surface area contributed by atoms with Crippen LogP contribution in [0.25, 0.3) is 0 Å². The smallest absolute Gasteiger partial charge is 0.125 e. The predicted octanol–water partition coefficient (Wildman–Crippen LogP) is 4.39. The second-order valence-electron chi connectivity index (χ2n) is 4.64. The average molecular weight is 321 g/mol. The Balaban J connectivity index is 2.15. The minimum absolute atomic E-state index is 0.503. The lowest BCUT2D eigenvalue weighted by molar-refractivity contribution is 0.190. The number of hydrogen-bond acceptors (Lipinski definition) is 2. The van der Waals surface area contributed by atoms with Crippen molar-refractivity contribution in [3.63, 3.8) is 0 Å². The van der Waals surface area contributed by atoms with Gasteiger partial charge in [-0.2, -0.15) is 0 Å². The Kier molecular flexibility index (Phi) is 4.61. The highest BCUT2D eigenvalue weighted by Crippen LogP contribution is 2.29. The zero-order chi connectivity index (χ0) is 13.8. The Hall–Kier alpha value is -1.32. The first kappa shape index (κ1) is 14.1. The molecule has 0 saturated heterocycles. The van der Waals surface area contributed by atoms with Gasteiger partial charge in [-0.3, -0.25) is 0 Å². The summed E-state index contributed by atoms with van der Waals surface area (Å²) in [5, 5.41) is 9.77. The summed E-state index contributed by atoms with van der Waals surface area (Å²) >= 11 is 3.40. The average Bonchev–Trinajstić information content (AvgIpc) is 2.37. The molecule has 2 rings (SSSR count). The van der Waals surface area contributed by atoms with Gasteiger partial charge < -0.3 is 9.84 Å². The number of ether oxygens (including phenoxy) is 1. The van der Waals surface area contributed by atoms with E-state index in [0.29, 0.717) is 6.61 Å². The third-order valence-electron chi connectivity index (χ3n) is 2.90. The number of rotatable bonds is 4. The maximum Gasteiger partial charge on any atom is 0.125 e. The van der Waals surface area contributed by atoms with Crippen LogP contribution in [0.15, 0.2) is 46.9 Å². The van der Waals surface area contributed by atoms with Gasteiger partial charge in [0.25, 0.3) is 0 Å². The Labute approximate surface area is 122 Å². The first-order valence-electron chi connectivity index (χ1n) is 6.22. The van der Waals surface area contributed by atoms with Gasteiger partial charge in [0, 0.05) is 10.0 Å². The van der Waals surface area contributed by atoms with Crippen LogP contribution in [0, 0.1) is 6.92 Å². The molecule has 0 amide bonds. The second-order valence-corrected chi connectivity index (χ2v) is 5.55. The van der Waals surface area contributed by atoms with Crippen molar-refractivity contribution >= 4 is 15.9 Å². The van der Waals surface area contributed by atoms with Crippen molar-refractivity contribution in [3.05, 3.63) is 63.6 Å². The summed E-state index contributed by atoms with van der Waals surface area (Å²) in [7, 11) is 0. The number of hydrogen-bond donors (Lipinski definition) is 1. The van der Waals surface area contributed by atoms with Crippen molar-refractivity contribution in [2.24, 2.45) is 0 Å². The zero-order valence-electron chi connectivity index (χ0n) is 11.1. The minimum Gasteiger partial charge on any atom is -0.489 e. The number of aryl methyl sites for hydroxylation is 1. The summed E-state index contributed by atoms with van der Waals surface area (Å²) in [5.41, 5.74) is 3.13. The van der Waals surface area contributed by atoms with E-state index in [1.165, 1.54) is 5.56 Å². The van der Waals surface area contributed by atoms with Gasteiger partial charge in [-0.1, -0.05) is 45.8 Å². The molecule has 2 aromatic carbocycles. The second kappa shape index (κ2) is 6.22. The van der Waals surface area contributed by atoms with Gasteiger partial charge >= 0.3 is 0 Å². The Bertz CT molecular complexity index is 564. The van der Waals surface area contributed by atoms with Crippen LogP contribution in [0.5, 0.6) is 5.75 Å². The molecule has 0 fully saturated rings. The molecule has 3 heteroatoms. The van der Waals surface area contributed by atoms with Crippen LogP contribution in [0.2, 0.25) is 0 Å². The molecule has 1 N–H and O–H groups in total. The number of aliphatic hydroxyl groups is 1. The van der Waals surface area contributed by atoms with Crippen LogP contribution in [-0.2, 0) is 6.61 Å². The third-order valence-corrected chi connectivity index (χ3v) is 3.39. The summed E-state index contributed by atoms with van der Waals surface area (Å²) in [5.74, 6) is 0.722. The van der Waals surface area contributed by atoms with E-state index in [1.54, 1.807) is 6.92 Å². The monoisotopic (exact) mass is 320 g/mol. The first-order chi connectivity index (χ1) is 9.06. The predicted molar refractivity (Wildman–Crippen MR) is 80.3 cm³/mol. The highest BCUT2D eigenvalue weighted by molar-refractivity contribution is 9.10. The minimum atomic E-state index is -0.551. The van der Waals surface area contributed by atoms with Crippen LogP contribution in [0.1, 0.15) is 29.7 Å². The molecule has 0 bridgehead atoms. The molecule has 2 nitrogen and oxygen atoms in total. The largest absolute Gasteiger partial charge is 0.489 e. The van der Waals surface area contributed by atoms with E-state index < -0.39 is 6.10 Å². The normalized spacial score (nSPS) is 12.2. The number of benzene rings is 2. The van der Waals surface area contributed by atoms with E-state index in [4.69, 9.17) is 4.74 Å². The fraction of sp³-hybridized carbons (Fsp3) is 0.250. The summed E-state index contributed by atoms with van der Waals surface area (Å²) in [6.45, 7) is 4.30. The highest BCUT2D eigenvalue weighted by Gasteiger charge is 2.10. The summed E-state index contributed by atoms with van der Waals surface area (Å²) < 4.78 is 6.75. The number of halogens is 1. The zero-order valence-corrected chi connectivity index (χ0v) is 12.6. The summed E-state index contributed by atoms with van der Waals surface area (Å²) in [4.78, 5) is 0. The van der Waals surface area contributed by atoms with Gasteiger partial charge in [0.1, 0.15) is 12.4 Å². The Morgan fingerprint density at radius 3 is 2.68 bits per heavy atom. The molecule has 0 aliphatic heterocycles. The van der Waals surface area contributed by atoms with Crippen LogP contribution < -0.4 is 4.74 Å². The molecular weight excluding hydrogens is 304 g/mol. The van der Waals surface area contributed by atoms with Crippen molar-refractivity contribution in [3.8, 4) is 5.75 Å². The van der Waals surface area contributed by atoms with E-state index in [9.17, 15) is 5.11 Å². The van der Waals surface area contributed by atoms with Crippen LogP contribution in [0.3, 0.4) is 0 Å². The molecule has 0 heterocycles. The fourth-order valence-corrected chi connectivity index (χ4v) is 2.32. The van der Waals surface area contributed by atoms with E-state index >= 15 is 0 Å². The maximum absolute atomic E-state index is 9.77. The van der Waals surface area contributed by atoms with Crippen molar-refractivity contribution in [1.29, 1.82) is 0 Å². The molecule has 100 valence electrons. The van der Waals surface area contributed by atoms with Gasteiger partial charge in [-0.25, -0.2) is 0 Å². The van der Waals surface area contributed by atoms with Gasteiger partial charge in [-0.15, -0.1) is 0 Å². The van der Waals surface area contributed by atoms with E-state index in [0.717, 1.165) is 21.3 Å². The SMILES string of the molecule is Cc1cccc(COc2ccc(Br)cc2C(C)O)c1. The molecule has 2 aromatic rings.